The van der Waals surface area contributed by atoms with Gasteiger partial charge in [-0.25, -0.2) is 8.42 Å². The largest absolute Gasteiger partial charge is 0.346 e. The molecule has 3 aromatic rings. The van der Waals surface area contributed by atoms with Crippen LogP contribution in [0.3, 0.4) is 0 Å². The molecule has 30 heavy (non-hydrogen) atoms. The fourth-order valence-electron chi connectivity index (χ4n) is 3.73. The van der Waals surface area contributed by atoms with Crippen molar-refractivity contribution in [2.24, 2.45) is 0 Å². The number of carbonyl (C=O) groups excluding carboxylic acids is 1. The van der Waals surface area contributed by atoms with Crippen molar-refractivity contribution in [3.8, 4) is 0 Å². The van der Waals surface area contributed by atoms with E-state index in [1.54, 1.807) is 41.8 Å². The normalized spacial score (nSPS) is 14.2. The summed E-state index contributed by atoms with van der Waals surface area (Å²) in [6.45, 7) is 1.98. The van der Waals surface area contributed by atoms with Gasteiger partial charge in [0.2, 0.25) is 0 Å². The molecular formula is C23H24N2O3S2. The van der Waals surface area contributed by atoms with Gasteiger partial charge in [0.15, 0.2) is 0 Å². The van der Waals surface area contributed by atoms with Crippen LogP contribution in [0.2, 0.25) is 0 Å². The third-order valence-electron chi connectivity index (χ3n) is 5.57. The molecule has 5 nitrogen and oxygen atoms in total. The molecule has 156 valence electrons. The number of hydrogen-bond acceptors (Lipinski definition) is 4. The van der Waals surface area contributed by atoms with Gasteiger partial charge in [-0.2, -0.15) is 0 Å². The van der Waals surface area contributed by atoms with Gasteiger partial charge in [0.1, 0.15) is 4.21 Å². The van der Waals surface area contributed by atoms with Gasteiger partial charge in [-0.3, -0.25) is 9.10 Å². The van der Waals surface area contributed by atoms with Gasteiger partial charge in [-0.05, 0) is 78.6 Å². The van der Waals surface area contributed by atoms with E-state index in [4.69, 9.17) is 0 Å². The average molecular weight is 441 g/mol. The molecule has 0 unspecified atom stereocenters. The zero-order chi connectivity index (χ0) is 21.3. The van der Waals surface area contributed by atoms with E-state index in [1.807, 2.05) is 6.92 Å². The lowest BCUT2D eigenvalue weighted by molar-refractivity contribution is 0.0940. The molecule has 0 saturated carbocycles. The van der Waals surface area contributed by atoms with E-state index >= 15 is 0 Å². The molecule has 0 spiro atoms. The summed E-state index contributed by atoms with van der Waals surface area (Å²) in [5.74, 6) is -0.182. The van der Waals surface area contributed by atoms with Crippen LogP contribution in [0.5, 0.6) is 0 Å². The van der Waals surface area contributed by atoms with Gasteiger partial charge in [0.05, 0.1) is 11.7 Å². The summed E-state index contributed by atoms with van der Waals surface area (Å²) >= 11 is 1.18. The summed E-state index contributed by atoms with van der Waals surface area (Å²) in [7, 11) is -2.08. The van der Waals surface area contributed by atoms with Crippen molar-refractivity contribution in [1.29, 1.82) is 0 Å². The minimum Gasteiger partial charge on any atom is -0.346 e. The number of thiophene rings is 1. The molecular weight excluding hydrogens is 416 g/mol. The highest BCUT2D eigenvalue weighted by Crippen LogP contribution is 2.27. The Balaban J connectivity index is 1.45. The van der Waals surface area contributed by atoms with Crippen LogP contribution in [-0.4, -0.2) is 21.4 Å². The molecule has 7 heteroatoms. The molecule has 1 heterocycles. The maximum atomic E-state index is 12.7. The number of nitrogens with one attached hydrogen (secondary N) is 1. The Morgan fingerprint density at radius 1 is 1.07 bits per heavy atom. The highest BCUT2D eigenvalue weighted by molar-refractivity contribution is 7.94. The van der Waals surface area contributed by atoms with E-state index in [2.05, 4.69) is 23.5 Å². The number of carbonyl (C=O) groups is 1. The first-order valence-electron chi connectivity index (χ1n) is 9.91. The zero-order valence-corrected chi connectivity index (χ0v) is 18.6. The third-order valence-corrected chi connectivity index (χ3v) is 8.73. The summed E-state index contributed by atoms with van der Waals surface area (Å²) in [4.78, 5) is 12.7. The van der Waals surface area contributed by atoms with E-state index in [0.717, 1.165) is 18.4 Å². The lowest BCUT2D eigenvalue weighted by Gasteiger charge is -2.19. The lowest BCUT2D eigenvalue weighted by atomic mass is 10.0. The number of hydrogen-bond donors (Lipinski definition) is 1. The predicted octanol–water partition coefficient (Wildman–Crippen LogP) is 4.55. The van der Waals surface area contributed by atoms with E-state index < -0.39 is 10.0 Å². The summed E-state index contributed by atoms with van der Waals surface area (Å²) < 4.78 is 26.8. The lowest BCUT2D eigenvalue weighted by Crippen LogP contribution is -2.27. The molecule has 1 amide bonds. The summed E-state index contributed by atoms with van der Waals surface area (Å²) in [6.07, 6.45) is 3.44. The number of aryl methyl sites for hydroxylation is 2. The van der Waals surface area contributed by atoms with Gasteiger partial charge in [-0.15, -0.1) is 11.3 Å². The highest BCUT2D eigenvalue weighted by atomic mass is 32.2. The van der Waals surface area contributed by atoms with E-state index in [9.17, 15) is 13.2 Å². The van der Waals surface area contributed by atoms with Crippen molar-refractivity contribution in [3.05, 3.63) is 82.2 Å². The van der Waals surface area contributed by atoms with Crippen LogP contribution in [0.1, 0.15) is 46.4 Å². The predicted molar refractivity (Wildman–Crippen MR) is 121 cm³/mol. The van der Waals surface area contributed by atoms with Gasteiger partial charge >= 0.3 is 0 Å². The monoisotopic (exact) mass is 440 g/mol. The SMILES string of the molecule is C[C@H](NC(=O)c1ccc(N(C)S(=O)(=O)c2cccs2)cc1)c1ccc2c(c1)CCC2. The van der Waals surface area contributed by atoms with Crippen molar-refractivity contribution < 1.29 is 13.2 Å². The maximum absolute atomic E-state index is 12.7. The fraction of sp³-hybridized carbons (Fsp3) is 0.261. The third kappa shape index (κ3) is 4.00. The van der Waals surface area contributed by atoms with Crippen molar-refractivity contribution in [1.82, 2.24) is 5.32 Å². The Hall–Kier alpha value is -2.64. The topological polar surface area (TPSA) is 66.5 Å². The van der Waals surface area contributed by atoms with E-state index in [1.165, 1.54) is 40.2 Å². The smallest absolute Gasteiger partial charge is 0.273 e. The van der Waals surface area contributed by atoms with E-state index in [0.29, 0.717) is 11.3 Å². The molecule has 0 bridgehead atoms. The number of nitrogens with zero attached hydrogens (tertiary/aromatic N) is 1. The van der Waals surface area contributed by atoms with Crippen molar-refractivity contribution >= 4 is 33.0 Å². The van der Waals surface area contributed by atoms with Gasteiger partial charge in [0, 0.05) is 12.6 Å². The van der Waals surface area contributed by atoms with E-state index in [-0.39, 0.29) is 16.2 Å². The van der Waals surface area contributed by atoms with Crippen LogP contribution in [-0.2, 0) is 22.9 Å². The number of rotatable bonds is 6. The second-order valence-corrected chi connectivity index (χ2v) is 10.7. The first kappa shape index (κ1) is 20.6. The van der Waals surface area contributed by atoms with Crippen molar-refractivity contribution in [2.45, 2.75) is 36.4 Å². The highest BCUT2D eigenvalue weighted by Gasteiger charge is 2.22. The molecule has 0 fully saturated rings. The standard InChI is InChI=1S/C23H24N2O3S2/c1-16(19-9-8-17-5-3-6-20(17)15-19)24-23(26)18-10-12-21(13-11-18)25(2)30(27,28)22-7-4-14-29-22/h4,7-16H,3,5-6H2,1-2H3,(H,24,26)/t16-/m0/s1. The number of amides is 1. The van der Waals surface area contributed by atoms with Crippen LogP contribution in [0.15, 0.2) is 64.2 Å². The van der Waals surface area contributed by atoms with Gasteiger partial charge < -0.3 is 5.32 Å². The Labute approximate surface area is 181 Å². The van der Waals surface area contributed by atoms with Crippen molar-refractivity contribution in [3.63, 3.8) is 0 Å². The molecule has 1 aromatic heterocycles. The van der Waals surface area contributed by atoms with Gasteiger partial charge in [0.25, 0.3) is 15.9 Å². The Bertz CT molecular complexity index is 1150. The molecule has 0 radical (unpaired) electrons. The zero-order valence-electron chi connectivity index (χ0n) is 17.0. The molecule has 1 aliphatic carbocycles. The molecule has 1 N–H and O–H groups in total. The summed E-state index contributed by atoms with van der Waals surface area (Å²) in [5.41, 5.74) is 4.89. The summed E-state index contributed by atoms with van der Waals surface area (Å²) in [6, 6.07) is 16.2. The van der Waals surface area contributed by atoms with Crippen molar-refractivity contribution in [2.75, 3.05) is 11.4 Å². The second kappa shape index (κ2) is 8.24. The van der Waals surface area contributed by atoms with Crippen LogP contribution < -0.4 is 9.62 Å². The molecule has 2 aromatic carbocycles. The first-order valence-corrected chi connectivity index (χ1v) is 12.2. The minimum absolute atomic E-state index is 0.107. The second-order valence-electron chi connectivity index (χ2n) is 7.53. The van der Waals surface area contributed by atoms with Crippen LogP contribution in [0, 0.1) is 0 Å². The van der Waals surface area contributed by atoms with Gasteiger partial charge in [-0.1, -0.05) is 24.3 Å². The molecule has 0 aliphatic heterocycles. The average Bonchev–Trinajstić information content (AvgIpc) is 3.44. The Morgan fingerprint density at radius 3 is 2.50 bits per heavy atom. The first-order chi connectivity index (χ1) is 14.4. The Morgan fingerprint density at radius 2 is 1.80 bits per heavy atom. The minimum atomic E-state index is -3.59. The maximum Gasteiger partial charge on any atom is 0.273 e. The molecule has 1 atom stereocenters. The molecule has 4 rings (SSSR count). The summed E-state index contributed by atoms with van der Waals surface area (Å²) in [5, 5.41) is 4.77. The van der Waals surface area contributed by atoms with Crippen LogP contribution in [0.25, 0.3) is 0 Å². The number of fused-ring (bicyclic) bond motifs is 1. The quantitative estimate of drug-likeness (QED) is 0.611. The fourth-order valence-corrected chi connectivity index (χ4v) is 6.09. The number of benzene rings is 2. The van der Waals surface area contributed by atoms with Crippen LogP contribution in [0.4, 0.5) is 5.69 Å². The molecule has 0 saturated heterocycles. The Kier molecular flexibility index (Phi) is 5.66. The van der Waals surface area contributed by atoms with Crippen LogP contribution >= 0.6 is 11.3 Å². The number of anilines is 1. The number of sulfonamides is 1. The molecule has 1 aliphatic rings.